The van der Waals surface area contributed by atoms with Gasteiger partial charge in [0.25, 0.3) is 0 Å². The molecular weight excluding hydrogens is 633 g/mol. The highest BCUT2D eigenvalue weighted by Gasteiger charge is 2.36. The van der Waals surface area contributed by atoms with Crippen LogP contribution in [0.5, 0.6) is 0 Å². The molecule has 8 aromatic carbocycles. The third kappa shape index (κ3) is 4.11. The molecule has 0 saturated heterocycles. The Morgan fingerprint density at radius 3 is 1.54 bits per heavy atom. The summed E-state index contributed by atoms with van der Waals surface area (Å²) < 4.78 is 31.0. The van der Waals surface area contributed by atoms with E-state index in [0.717, 1.165) is 28.1 Å². The van der Waals surface area contributed by atoms with E-state index in [0.29, 0.717) is 27.2 Å². The molecule has 0 spiro atoms. The maximum atomic E-state index is 14.5. The molecule has 50 heavy (non-hydrogen) atoms. The van der Waals surface area contributed by atoms with E-state index < -0.39 is 9.84 Å². The fraction of sp³-hybridized carbons (Fsp3) is 0. The normalized spacial score (nSPS) is 13.1. The van der Waals surface area contributed by atoms with Gasteiger partial charge in [-0.15, -0.1) is 0 Å². The van der Waals surface area contributed by atoms with Crippen LogP contribution >= 0.6 is 0 Å². The van der Waals surface area contributed by atoms with Gasteiger partial charge in [0.1, 0.15) is 10.7 Å². The van der Waals surface area contributed by atoms with Crippen LogP contribution in [0, 0.1) is 0 Å². The van der Waals surface area contributed by atoms with Gasteiger partial charge in [0.15, 0.2) is 0 Å². The van der Waals surface area contributed by atoms with Crippen molar-refractivity contribution in [2.45, 2.75) is 9.79 Å². The summed E-state index contributed by atoms with van der Waals surface area (Å²) in [4.78, 5) is 5.51. The van der Waals surface area contributed by atoms with Gasteiger partial charge in [0.2, 0.25) is 9.84 Å². The molecular formula is C45H28N2O2S. The highest BCUT2D eigenvalue weighted by Crippen LogP contribution is 2.47. The maximum absolute atomic E-state index is 14.5. The van der Waals surface area contributed by atoms with E-state index in [4.69, 9.17) is 4.98 Å². The van der Waals surface area contributed by atoms with Crippen molar-refractivity contribution < 1.29 is 8.42 Å². The first-order valence-electron chi connectivity index (χ1n) is 16.6. The van der Waals surface area contributed by atoms with Crippen molar-refractivity contribution in [3.05, 3.63) is 170 Å². The summed E-state index contributed by atoms with van der Waals surface area (Å²) in [5, 5.41) is 4.73. The summed E-state index contributed by atoms with van der Waals surface area (Å²) in [6.45, 7) is 0. The van der Waals surface area contributed by atoms with Gasteiger partial charge in [-0.05, 0) is 67.6 Å². The first-order chi connectivity index (χ1) is 24.6. The second-order valence-electron chi connectivity index (χ2n) is 12.7. The van der Waals surface area contributed by atoms with Crippen LogP contribution in [0.25, 0.3) is 83.0 Å². The van der Waals surface area contributed by atoms with Gasteiger partial charge >= 0.3 is 0 Å². The summed E-state index contributed by atoms with van der Waals surface area (Å²) in [6.07, 6.45) is 0. The highest BCUT2D eigenvalue weighted by molar-refractivity contribution is 7.92. The number of hydrogen-bond acceptors (Lipinski definition) is 3. The SMILES string of the molecule is O=S1(=O)c2c(-c3ccc(-c4c5ccccc5c(-c5ccccc5)c5ccccc45)cc3)cccc2-n2c(-c3ccccc3)nc3cccc1c32. The van der Waals surface area contributed by atoms with Crippen molar-refractivity contribution in [3.63, 3.8) is 0 Å². The van der Waals surface area contributed by atoms with Crippen LogP contribution in [0.4, 0.5) is 0 Å². The van der Waals surface area contributed by atoms with E-state index in [2.05, 4.69) is 103 Å². The van der Waals surface area contributed by atoms with E-state index in [9.17, 15) is 8.42 Å². The Labute approximate surface area is 289 Å². The molecule has 4 nitrogen and oxygen atoms in total. The Bertz CT molecular complexity index is 2860. The van der Waals surface area contributed by atoms with Crippen molar-refractivity contribution in [2.75, 3.05) is 0 Å². The predicted octanol–water partition coefficient (Wildman–Crippen LogP) is 11.1. The zero-order valence-corrected chi connectivity index (χ0v) is 27.6. The van der Waals surface area contributed by atoms with Crippen molar-refractivity contribution in [3.8, 4) is 50.5 Å². The molecule has 1 aliphatic rings. The van der Waals surface area contributed by atoms with Crippen LogP contribution in [-0.4, -0.2) is 18.0 Å². The Balaban J connectivity index is 1.18. The van der Waals surface area contributed by atoms with Gasteiger partial charge in [-0.2, -0.15) is 0 Å². The van der Waals surface area contributed by atoms with Gasteiger partial charge in [-0.1, -0.05) is 152 Å². The van der Waals surface area contributed by atoms with Gasteiger partial charge in [-0.3, -0.25) is 4.57 Å². The van der Waals surface area contributed by atoms with Crippen molar-refractivity contribution in [1.29, 1.82) is 0 Å². The smallest absolute Gasteiger partial charge is 0.211 e. The molecule has 0 bridgehead atoms. The quantitative estimate of drug-likeness (QED) is 0.177. The van der Waals surface area contributed by atoms with Crippen LogP contribution < -0.4 is 0 Å². The van der Waals surface area contributed by atoms with Crippen LogP contribution in [0.3, 0.4) is 0 Å². The Morgan fingerprint density at radius 1 is 0.440 bits per heavy atom. The summed E-state index contributed by atoms with van der Waals surface area (Å²) in [6, 6.07) is 57.2. The number of rotatable bonds is 4. The maximum Gasteiger partial charge on any atom is 0.211 e. The molecule has 9 aromatic rings. The fourth-order valence-electron chi connectivity index (χ4n) is 7.82. The molecule has 0 unspecified atom stereocenters. The monoisotopic (exact) mass is 660 g/mol. The van der Waals surface area contributed by atoms with Crippen molar-refractivity contribution in [2.24, 2.45) is 0 Å². The van der Waals surface area contributed by atoms with Gasteiger partial charge in [0.05, 0.1) is 21.6 Å². The van der Waals surface area contributed by atoms with E-state index in [-0.39, 0.29) is 4.90 Å². The van der Waals surface area contributed by atoms with Crippen LogP contribution in [-0.2, 0) is 9.84 Å². The third-order valence-corrected chi connectivity index (χ3v) is 11.8. The first-order valence-corrected chi connectivity index (χ1v) is 18.1. The Kier molecular flexibility index (Phi) is 6.23. The number of fused-ring (bicyclic) bond motifs is 4. The molecule has 10 rings (SSSR count). The van der Waals surface area contributed by atoms with Crippen molar-refractivity contribution in [1.82, 2.24) is 9.55 Å². The summed E-state index contributed by atoms with van der Waals surface area (Å²) >= 11 is 0. The molecule has 0 radical (unpaired) electrons. The highest BCUT2D eigenvalue weighted by atomic mass is 32.2. The molecule has 1 aliphatic heterocycles. The summed E-state index contributed by atoms with van der Waals surface area (Å²) in [7, 11) is -3.87. The molecule has 0 amide bonds. The number of hydrogen-bond donors (Lipinski definition) is 0. The molecule has 0 atom stereocenters. The minimum atomic E-state index is -3.87. The number of imidazole rings is 1. The summed E-state index contributed by atoms with van der Waals surface area (Å²) in [5.41, 5.74) is 8.94. The lowest BCUT2D eigenvalue weighted by molar-refractivity contribution is 0.595. The first kappa shape index (κ1) is 28.7. The number of benzene rings is 8. The van der Waals surface area contributed by atoms with E-state index in [1.807, 2.05) is 59.2 Å². The molecule has 0 fully saturated rings. The number of para-hydroxylation sites is 1. The standard InChI is InChI=1S/C45H28N2O2S/c48-50(49)40-24-12-22-38-43(40)47(45(46-38)32-15-5-2-6-16-32)39-23-11-21-33(44(39)50)29-25-27-31(28-26-29)42-36-19-9-7-17-34(36)41(30-13-3-1-4-14-30)35-18-8-10-20-37(35)42/h1-28H. The molecule has 5 heteroatoms. The average Bonchev–Trinajstić information content (AvgIpc) is 3.57. The van der Waals surface area contributed by atoms with Gasteiger partial charge in [0, 0.05) is 11.1 Å². The van der Waals surface area contributed by atoms with E-state index in [1.54, 1.807) is 12.1 Å². The van der Waals surface area contributed by atoms with E-state index in [1.165, 1.54) is 32.7 Å². The van der Waals surface area contributed by atoms with Crippen molar-refractivity contribution >= 4 is 42.4 Å². The van der Waals surface area contributed by atoms with Gasteiger partial charge in [-0.25, -0.2) is 13.4 Å². The number of sulfone groups is 1. The summed E-state index contributed by atoms with van der Waals surface area (Å²) in [5.74, 6) is 0.717. The Hall–Kier alpha value is -6.30. The molecule has 2 heterocycles. The fourth-order valence-corrected chi connectivity index (χ4v) is 9.66. The molecule has 236 valence electrons. The van der Waals surface area contributed by atoms with Crippen LogP contribution in [0.2, 0.25) is 0 Å². The zero-order chi connectivity index (χ0) is 33.4. The minimum Gasteiger partial charge on any atom is -0.290 e. The lowest BCUT2D eigenvalue weighted by Gasteiger charge is -2.23. The second-order valence-corrected chi connectivity index (χ2v) is 14.6. The lowest BCUT2D eigenvalue weighted by atomic mass is 9.86. The van der Waals surface area contributed by atoms with Crippen LogP contribution in [0.1, 0.15) is 0 Å². The molecule has 0 saturated carbocycles. The minimum absolute atomic E-state index is 0.276. The average molecular weight is 661 g/mol. The molecule has 1 aromatic heterocycles. The number of nitrogens with zero attached hydrogens (tertiary/aromatic N) is 2. The Morgan fingerprint density at radius 2 is 0.940 bits per heavy atom. The second kappa shape index (κ2) is 10.9. The topological polar surface area (TPSA) is 52.0 Å². The largest absolute Gasteiger partial charge is 0.290 e. The predicted molar refractivity (Wildman–Crippen MR) is 203 cm³/mol. The lowest BCUT2D eigenvalue weighted by Crippen LogP contribution is -2.16. The number of aromatic nitrogens is 2. The molecule has 0 N–H and O–H groups in total. The van der Waals surface area contributed by atoms with E-state index >= 15 is 0 Å². The van der Waals surface area contributed by atoms with Crippen LogP contribution in [0.15, 0.2) is 180 Å². The third-order valence-electron chi connectivity index (χ3n) is 9.94. The van der Waals surface area contributed by atoms with Gasteiger partial charge < -0.3 is 0 Å². The molecule has 0 aliphatic carbocycles. The zero-order valence-electron chi connectivity index (χ0n) is 26.8.